The minimum Gasteiger partial charge on any atom is -0.481 e. The average molecular weight is 415 g/mol. The number of hydrogen-bond acceptors (Lipinski definition) is 3. The second-order valence-electron chi connectivity index (χ2n) is 7.80. The van der Waals surface area contributed by atoms with Crippen LogP contribution in [-0.4, -0.2) is 30.0 Å². The predicted octanol–water partition coefficient (Wildman–Crippen LogP) is 5.11. The number of benzene rings is 2. The summed E-state index contributed by atoms with van der Waals surface area (Å²) in [4.78, 5) is 15.1. The summed E-state index contributed by atoms with van der Waals surface area (Å²) in [7, 11) is 0. The number of piperidine rings is 1. The second kappa shape index (κ2) is 10.7. The topological polar surface area (TPSA) is 41.6 Å². The summed E-state index contributed by atoms with van der Waals surface area (Å²) in [5.74, 6) is 0.568. The molecular weight excluding hydrogens is 384 g/mol. The van der Waals surface area contributed by atoms with E-state index in [9.17, 15) is 4.79 Å². The Labute approximate surface area is 179 Å². The van der Waals surface area contributed by atoms with Crippen LogP contribution in [0.2, 0.25) is 5.02 Å². The number of likely N-dealkylation sites (tertiary alicyclic amines) is 1. The molecule has 156 valence electrons. The van der Waals surface area contributed by atoms with Crippen molar-refractivity contribution in [3.63, 3.8) is 0 Å². The van der Waals surface area contributed by atoms with E-state index in [1.165, 1.54) is 37.9 Å². The van der Waals surface area contributed by atoms with Gasteiger partial charge in [0.15, 0.2) is 6.10 Å². The molecular formula is C24H31ClN2O2. The number of carbonyl (C=O) groups excluding carboxylic acids is 1. The molecule has 1 heterocycles. The SMILES string of the molecule is CC[C@@H](Oc1ccc(Cl)c(C)c1)C(=O)NCc1cccc(CN2CCCCC2)c1. The Kier molecular flexibility index (Phi) is 7.96. The monoisotopic (exact) mass is 414 g/mol. The van der Waals surface area contributed by atoms with E-state index >= 15 is 0 Å². The first-order chi connectivity index (χ1) is 14.0. The van der Waals surface area contributed by atoms with E-state index < -0.39 is 6.10 Å². The van der Waals surface area contributed by atoms with Crippen molar-refractivity contribution in [1.29, 1.82) is 0 Å². The van der Waals surface area contributed by atoms with E-state index in [1.807, 2.05) is 19.9 Å². The summed E-state index contributed by atoms with van der Waals surface area (Å²) in [6.45, 7) is 7.73. The van der Waals surface area contributed by atoms with E-state index in [1.54, 1.807) is 12.1 Å². The molecule has 2 aromatic rings. The highest BCUT2D eigenvalue weighted by Crippen LogP contribution is 2.22. The van der Waals surface area contributed by atoms with Crippen LogP contribution in [0.15, 0.2) is 42.5 Å². The molecule has 4 nitrogen and oxygen atoms in total. The Morgan fingerprint density at radius 3 is 2.62 bits per heavy atom. The number of hydrogen-bond donors (Lipinski definition) is 1. The summed E-state index contributed by atoms with van der Waals surface area (Å²) >= 11 is 6.07. The van der Waals surface area contributed by atoms with Crippen LogP contribution in [0.4, 0.5) is 0 Å². The van der Waals surface area contributed by atoms with Crippen LogP contribution in [0.1, 0.15) is 49.3 Å². The zero-order valence-electron chi connectivity index (χ0n) is 17.4. The Morgan fingerprint density at radius 1 is 1.14 bits per heavy atom. The first-order valence-electron chi connectivity index (χ1n) is 10.6. The van der Waals surface area contributed by atoms with Crippen molar-refractivity contribution in [2.45, 2.75) is 58.7 Å². The third kappa shape index (κ3) is 6.48. The molecule has 1 saturated heterocycles. The lowest BCUT2D eigenvalue weighted by molar-refractivity contribution is -0.128. The van der Waals surface area contributed by atoms with Crippen molar-refractivity contribution in [2.75, 3.05) is 13.1 Å². The number of nitrogens with one attached hydrogen (secondary N) is 1. The smallest absolute Gasteiger partial charge is 0.261 e. The van der Waals surface area contributed by atoms with Crippen LogP contribution in [0.3, 0.4) is 0 Å². The van der Waals surface area contributed by atoms with E-state index in [0.717, 1.165) is 17.7 Å². The Bertz CT molecular complexity index is 818. The highest BCUT2D eigenvalue weighted by atomic mass is 35.5. The van der Waals surface area contributed by atoms with Gasteiger partial charge in [0.2, 0.25) is 0 Å². The van der Waals surface area contributed by atoms with Gasteiger partial charge in [-0.25, -0.2) is 0 Å². The maximum atomic E-state index is 12.6. The van der Waals surface area contributed by atoms with E-state index in [-0.39, 0.29) is 5.91 Å². The first-order valence-corrected chi connectivity index (χ1v) is 10.9. The number of rotatable bonds is 8. The van der Waals surface area contributed by atoms with Gasteiger partial charge in [-0.05, 0) is 74.2 Å². The van der Waals surface area contributed by atoms with Gasteiger partial charge in [-0.3, -0.25) is 9.69 Å². The van der Waals surface area contributed by atoms with Crippen LogP contribution in [0.5, 0.6) is 5.75 Å². The molecule has 1 aliphatic heterocycles. The quantitative estimate of drug-likeness (QED) is 0.652. The maximum absolute atomic E-state index is 12.6. The van der Waals surface area contributed by atoms with Gasteiger partial charge in [-0.1, -0.05) is 49.2 Å². The van der Waals surface area contributed by atoms with Crippen molar-refractivity contribution in [3.05, 3.63) is 64.2 Å². The lowest BCUT2D eigenvalue weighted by Gasteiger charge is -2.26. The highest BCUT2D eigenvalue weighted by Gasteiger charge is 2.18. The third-order valence-corrected chi connectivity index (χ3v) is 5.81. The van der Waals surface area contributed by atoms with Gasteiger partial charge >= 0.3 is 0 Å². The van der Waals surface area contributed by atoms with Gasteiger partial charge in [0.05, 0.1) is 0 Å². The summed E-state index contributed by atoms with van der Waals surface area (Å²) in [6, 6.07) is 14.0. The first kappa shape index (κ1) is 21.7. The molecule has 1 aliphatic rings. The minimum atomic E-state index is -0.521. The number of ether oxygens (including phenoxy) is 1. The molecule has 0 aromatic heterocycles. The molecule has 3 rings (SSSR count). The third-order valence-electron chi connectivity index (χ3n) is 5.38. The largest absolute Gasteiger partial charge is 0.481 e. The number of halogens is 1. The molecule has 5 heteroatoms. The van der Waals surface area contributed by atoms with Gasteiger partial charge < -0.3 is 10.1 Å². The van der Waals surface area contributed by atoms with Crippen LogP contribution in [-0.2, 0) is 17.9 Å². The molecule has 1 atom stereocenters. The molecule has 0 unspecified atom stereocenters. The predicted molar refractivity (Wildman–Crippen MR) is 118 cm³/mol. The summed E-state index contributed by atoms with van der Waals surface area (Å²) in [6.07, 6.45) is 4.01. The van der Waals surface area contributed by atoms with E-state index in [0.29, 0.717) is 23.7 Å². The minimum absolute atomic E-state index is 0.0958. The summed E-state index contributed by atoms with van der Waals surface area (Å²) in [5, 5.41) is 3.72. The lowest BCUT2D eigenvalue weighted by Crippen LogP contribution is -2.37. The molecule has 0 radical (unpaired) electrons. The zero-order chi connectivity index (χ0) is 20.6. The number of aryl methyl sites for hydroxylation is 1. The molecule has 0 bridgehead atoms. The van der Waals surface area contributed by atoms with Gasteiger partial charge in [0.1, 0.15) is 5.75 Å². The van der Waals surface area contributed by atoms with Crippen molar-refractivity contribution in [3.8, 4) is 5.75 Å². The molecule has 1 fully saturated rings. The van der Waals surface area contributed by atoms with E-state index in [2.05, 4.69) is 34.5 Å². The van der Waals surface area contributed by atoms with Crippen LogP contribution < -0.4 is 10.1 Å². The molecule has 0 saturated carbocycles. The fourth-order valence-corrected chi connectivity index (χ4v) is 3.81. The Balaban J connectivity index is 1.54. The Morgan fingerprint density at radius 2 is 1.90 bits per heavy atom. The number of nitrogens with zero attached hydrogens (tertiary/aromatic N) is 1. The van der Waals surface area contributed by atoms with Crippen molar-refractivity contribution < 1.29 is 9.53 Å². The van der Waals surface area contributed by atoms with Crippen molar-refractivity contribution in [1.82, 2.24) is 10.2 Å². The fourth-order valence-electron chi connectivity index (χ4n) is 3.69. The average Bonchev–Trinajstić information content (AvgIpc) is 2.74. The van der Waals surface area contributed by atoms with Crippen LogP contribution >= 0.6 is 11.6 Å². The highest BCUT2D eigenvalue weighted by molar-refractivity contribution is 6.31. The molecule has 29 heavy (non-hydrogen) atoms. The normalized spacial score (nSPS) is 15.7. The molecule has 1 amide bonds. The number of amides is 1. The second-order valence-corrected chi connectivity index (χ2v) is 8.21. The fraction of sp³-hybridized carbons (Fsp3) is 0.458. The Hall–Kier alpha value is -2.04. The molecule has 0 spiro atoms. The number of carbonyl (C=O) groups is 1. The van der Waals surface area contributed by atoms with Crippen LogP contribution in [0.25, 0.3) is 0 Å². The van der Waals surface area contributed by atoms with Gasteiger partial charge in [-0.2, -0.15) is 0 Å². The van der Waals surface area contributed by atoms with Gasteiger partial charge in [0, 0.05) is 18.1 Å². The zero-order valence-corrected chi connectivity index (χ0v) is 18.2. The molecule has 2 aromatic carbocycles. The van der Waals surface area contributed by atoms with Gasteiger partial charge in [-0.15, -0.1) is 0 Å². The lowest BCUT2D eigenvalue weighted by atomic mass is 10.1. The molecule has 1 N–H and O–H groups in total. The van der Waals surface area contributed by atoms with E-state index in [4.69, 9.17) is 16.3 Å². The summed E-state index contributed by atoms with van der Waals surface area (Å²) in [5.41, 5.74) is 3.36. The van der Waals surface area contributed by atoms with Crippen molar-refractivity contribution >= 4 is 17.5 Å². The summed E-state index contributed by atoms with van der Waals surface area (Å²) < 4.78 is 5.90. The standard InChI is InChI=1S/C24H31ClN2O2/c1-3-23(29-21-10-11-22(25)18(2)14-21)24(28)26-16-19-8-7-9-20(15-19)17-27-12-5-4-6-13-27/h7-11,14-15,23H,3-6,12-13,16-17H2,1-2H3,(H,26,28)/t23-/m1/s1. The van der Waals surface area contributed by atoms with Crippen LogP contribution in [0, 0.1) is 6.92 Å². The molecule has 0 aliphatic carbocycles. The van der Waals surface area contributed by atoms with Gasteiger partial charge in [0.25, 0.3) is 5.91 Å². The maximum Gasteiger partial charge on any atom is 0.261 e. The van der Waals surface area contributed by atoms with Crippen molar-refractivity contribution in [2.24, 2.45) is 0 Å².